The summed E-state index contributed by atoms with van der Waals surface area (Å²) in [4.78, 5) is 21.6. The van der Waals surface area contributed by atoms with E-state index >= 15 is 0 Å². The fourth-order valence-corrected chi connectivity index (χ4v) is 0. The molecule has 0 aliphatic heterocycles. The molecule has 0 aromatic heterocycles. The van der Waals surface area contributed by atoms with Crippen LogP contribution in [0.25, 0.3) is 0 Å². The van der Waals surface area contributed by atoms with Gasteiger partial charge in [0.15, 0.2) is 0 Å². The van der Waals surface area contributed by atoms with Crippen LogP contribution in [0.3, 0.4) is 0 Å². The van der Waals surface area contributed by atoms with E-state index in [0.717, 1.165) is 0 Å². The predicted molar refractivity (Wildman–Crippen MR) is 21.4 cm³/mol. The van der Waals surface area contributed by atoms with E-state index in [4.69, 9.17) is 19.2 Å². The number of hydrogen-bond acceptors (Lipinski definition) is 1. The van der Waals surface area contributed by atoms with Crippen LogP contribution >= 0.6 is 7.82 Å². The molecular weight excluding hydrogens is 317 g/mol. The maximum absolute atomic E-state index is 8.88. The van der Waals surface area contributed by atoms with Gasteiger partial charge < -0.3 is 14.7 Å². The molecule has 0 aromatic rings. The van der Waals surface area contributed by atoms with Crippen LogP contribution in [0.1, 0.15) is 0 Å². The zero-order valence-corrected chi connectivity index (χ0v) is 9.01. The van der Waals surface area contributed by atoms with Crippen LogP contribution in [-0.2, 0) is 57.0 Å². The minimum absolute atomic E-state index is 0. The van der Waals surface area contributed by atoms with Gasteiger partial charge in [-0.1, -0.05) is 0 Å². The van der Waals surface area contributed by atoms with Crippen molar-refractivity contribution in [3.8, 4) is 0 Å². The summed E-state index contributed by atoms with van der Waals surface area (Å²) in [5.74, 6) is 0. The van der Waals surface area contributed by atoms with Gasteiger partial charge in [0.2, 0.25) is 0 Å². The van der Waals surface area contributed by atoms with Crippen molar-refractivity contribution < 1.29 is 71.7 Å². The molecule has 0 amide bonds. The average molecular weight is 321 g/mol. The van der Waals surface area contributed by atoms with E-state index in [9.17, 15) is 0 Å². The molecule has 0 heterocycles. The van der Waals surface area contributed by atoms with Crippen LogP contribution in [0.2, 0.25) is 0 Å². The van der Waals surface area contributed by atoms with Crippen molar-refractivity contribution >= 4 is 59.2 Å². The molecule has 0 saturated carbocycles. The van der Waals surface area contributed by atoms with Crippen LogP contribution in [-0.4, -0.2) is 66.1 Å². The van der Waals surface area contributed by atoms with Crippen molar-refractivity contribution in [2.24, 2.45) is 0 Å². The quantitative estimate of drug-likeness (QED) is 0.372. The van der Waals surface area contributed by atoms with Crippen molar-refractivity contribution in [3.63, 3.8) is 0 Å². The zero-order valence-electron chi connectivity index (χ0n) is 3.20. The van der Waals surface area contributed by atoms with Gasteiger partial charge in [-0.2, -0.15) is 0 Å². The minimum Gasteiger partial charge on any atom is 0 e. The van der Waals surface area contributed by atoms with E-state index in [1.165, 1.54) is 0 Å². The Morgan fingerprint density at radius 2 is 1.00 bits per heavy atom. The maximum atomic E-state index is 8.88. The Morgan fingerprint density at radius 3 is 1.00 bits per heavy atom. The van der Waals surface area contributed by atoms with Crippen LogP contribution in [0, 0.1) is 0 Å². The molecule has 0 fully saturated rings. The molecule has 0 radical (unpaired) electrons. The molecule has 0 bridgehead atoms. The third kappa shape index (κ3) is 55.9. The van der Waals surface area contributed by atoms with E-state index in [0.29, 0.717) is 0 Å². The van der Waals surface area contributed by atoms with Crippen molar-refractivity contribution in [3.05, 3.63) is 0 Å². The molecule has 3 N–H and O–H groups in total. The molecule has 42 valence electrons. The SMILES string of the molecule is O=P(O)(O)O.[KH].[Zr].[Zr]. The van der Waals surface area contributed by atoms with Gasteiger partial charge in [-0.3, -0.25) is 0 Å². The molecule has 0 aliphatic rings. The van der Waals surface area contributed by atoms with E-state index in [-0.39, 0.29) is 104 Å². The smallest absolute Gasteiger partial charge is 0 e. The molecule has 0 saturated heterocycles. The molecule has 8 heteroatoms. The molecule has 8 heavy (non-hydrogen) atoms. The summed E-state index contributed by atoms with van der Waals surface area (Å²) in [6, 6.07) is 0. The van der Waals surface area contributed by atoms with Crippen molar-refractivity contribution in [1.29, 1.82) is 0 Å². The molecule has 4 nitrogen and oxygen atoms in total. The largest absolute Gasteiger partial charge is 0 e. The second-order valence-corrected chi connectivity index (χ2v) is 1.54. The second kappa shape index (κ2) is 10.5. The van der Waals surface area contributed by atoms with Crippen LogP contribution < -0.4 is 0 Å². The number of rotatable bonds is 0. The number of phosphoric acid groups is 1. The summed E-state index contributed by atoms with van der Waals surface area (Å²) in [7, 11) is -4.64. The molecule has 0 spiro atoms. The van der Waals surface area contributed by atoms with Gasteiger partial charge in [0.1, 0.15) is 0 Å². The Morgan fingerprint density at radius 1 is 1.00 bits per heavy atom. The summed E-state index contributed by atoms with van der Waals surface area (Å²) in [6.07, 6.45) is 0. The average Bonchev–Trinajstić information content (AvgIpc) is 0.722. The molecule has 0 aromatic carbocycles. The minimum atomic E-state index is -4.64. The number of hydrogen-bond donors (Lipinski definition) is 3. The van der Waals surface area contributed by atoms with E-state index in [1.807, 2.05) is 0 Å². The predicted octanol–water partition coefficient (Wildman–Crippen LogP) is -1.58. The molecule has 0 atom stereocenters. The first-order valence-corrected chi connectivity index (χ1v) is 2.35. The standard InChI is InChI=1S/K.H3O4P.2Zr.H/c;1-5(2,3)4;;;/h;(H3,1,2,3,4);;;. The first kappa shape index (κ1) is 22.5. The monoisotopic (exact) mass is 318 g/mol. The Kier molecular flexibility index (Phi) is 29.6. The Bertz CT molecular complexity index is 60.2. The molecule has 0 rings (SSSR count). The summed E-state index contributed by atoms with van der Waals surface area (Å²) >= 11 is 0. The summed E-state index contributed by atoms with van der Waals surface area (Å²) < 4.78 is 8.88. The van der Waals surface area contributed by atoms with Crippen molar-refractivity contribution in [2.75, 3.05) is 0 Å². The second-order valence-electron chi connectivity index (χ2n) is 0.513. The van der Waals surface area contributed by atoms with Gasteiger partial charge in [-0.05, 0) is 0 Å². The maximum Gasteiger partial charge on any atom is 0 e. The van der Waals surface area contributed by atoms with Gasteiger partial charge in [0, 0.05) is 52.4 Å². The third-order valence-corrected chi connectivity index (χ3v) is 0. The van der Waals surface area contributed by atoms with Gasteiger partial charge >= 0.3 is 59.2 Å². The van der Waals surface area contributed by atoms with E-state index < -0.39 is 7.82 Å². The van der Waals surface area contributed by atoms with Crippen molar-refractivity contribution in [2.45, 2.75) is 0 Å². The summed E-state index contributed by atoms with van der Waals surface area (Å²) in [5, 5.41) is 0. The first-order chi connectivity index (χ1) is 2.00. The fraction of sp³-hybridized carbons (Fsp3) is 0. The van der Waals surface area contributed by atoms with E-state index in [1.54, 1.807) is 0 Å². The zero-order chi connectivity index (χ0) is 4.50. The van der Waals surface area contributed by atoms with Crippen molar-refractivity contribution in [1.82, 2.24) is 0 Å². The normalized spacial score (nSPS) is 7.38. The van der Waals surface area contributed by atoms with Crippen LogP contribution in [0.15, 0.2) is 0 Å². The topological polar surface area (TPSA) is 77.8 Å². The summed E-state index contributed by atoms with van der Waals surface area (Å²) in [5.41, 5.74) is 0. The summed E-state index contributed by atoms with van der Waals surface area (Å²) in [6.45, 7) is 0. The van der Waals surface area contributed by atoms with Gasteiger partial charge in [0.25, 0.3) is 0 Å². The van der Waals surface area contributed by atoms with E-state index in [2.05, 4.69) is 0 Å². The molecule has 0 unspecified atom stereocenters. The molecule has 0 aliphatic carbocycles. The first-order valence-electron chi connectivity index (χ1n) is 0.783. The Balaban J connectivity index is -0.0000000267. The molecular formula is H4KO4PZr2. The fourth-order valence-electron chi connectivity index (χ4n) is 0. The third-order valence-electron chi connectivity index (χ3n) is 0. The van der Waals surface area contributed by atoms with Gasteiger partial charge in [0.05, 0.1) is 0 Å². The Labute approximate surface area is 128 Å². The van der Waals surface area contributed by atoms with Crippen LogP contribution in [0.5, 0.6) is 0 Å². The van der Waals surface area contributed by atoms with Gasteiger partial charge in [-0.15, -0.1) is 0 Å². The van der Waals surface area contributed by atoms with Gasteiger partial charge in [-0.25, -0.2) is 4.57 Å². The van der Waals surface area contributed by atoms with Crippen LogP contribution in [0.4, 0.5) is 0 Å². The Hall–Kier alpha value is 3.51.